The molecule has 2 atom stereocenters. The van der Waals surface area contributed by atoms with Crippen LogP contribution in [0.4, 0.5) is 0 Å². The maximum absolute atomic E-state index is 11.1. The van der Waals surface area contributed by atoms with E-state index in [2.05, 4.69) is 23.8 Å². The Morgan fingerprint density at radius 1 is 0.719 bits per heavy atom. The SMILES string of the molecule is C=C(C)C(=O)N[C@H](CCC(=O)O)C(=O)[O-].C=C(C)C(=O)N[C@H](CCC(=O)O)C(=O)[O-].[NH4+].[NH4+]. The average Bonchev–Trinajstić information content (AvgIpc) is 2.60. The summed E-state index contributed by atoms with van der Waals surface area (Å²) < 4.78 is 0. The fourth-order valence-electron chi connectivity index (χ4n) is 1.60. The third-order valence-electron chi connectivity index (χ3n) is 3.25. The molecule has 0 spiro atoms. The van der Waals surface area contributed by atoms with Gasteiger partial charge in [0.05, 0.1) is 24.0 Å². The van der Waals surface area contributed by atoms with Crippen molar-refractivity contribution in [1.82, 2.24) is 22.9 Å². The number of nitrogens with one attached hydrogen (secondary N) is 2. The van der Waals surface area contributed by atoms with Gasteiger partial charge in [-0.1, -0.05) is 13.2 Å². The van der Waals surface area contributed by atoms with Crippen molar-refractivity contribution in [1.29, 1.82) is 0 Å². The van der Waals surface area contributed by atoms with Crippen LogP contribution >= 0.6 is 0 Å². The number of quaternary nitrogens is 2. The van der Waals surface area contributed by atoms with Gasteiger partial charge in [-0.25, -0.2) is 0 Å². The third-order valence-corrected chi connectivity index (χ3v) is 3.25. The summed E-state index contributed by atoms with van der Waals surface area (Å²) in [7, 11) is 0. The number of carboxylic acids is 4. The van der Waals surface area contributed by atoms with Crippen LogP contribution in [0, 0.1) is 0 Å². The second-order valence-electron chi connectivity index (χ2n) is 6.12. The molecule has 0 radical (unpaired) electrons. The van der Waals surface area contributed by atoms with Crippen LogP contribution in [-0.2, 0) is 28.8 Å². The Balaban J connectivity index is -0.000000231. The summed E-state index contributed by atoms with van der Waals surface area (Å²) in [5, 5.41) is 41.9. The number of carboxylic acid groups (broad SMARTS) is 4. The molecule has 0 heterocycles. The Bertz CT molecular complexity index is 661. The average molecular weight is 464 g/mol. The van der Waals surface area contributed by atoms with Crippen molar-refractivity contribution in [3.63, 3.8) is 0 Å². The molecule has 0 aromatic heterocycles. The second-order valence-corrected chi connectivity index (χ2v) is 6.12. The van der Waals surface area contributed by atoms with Crippen LogP contribution < -0.4 is 33.1 Å². The van der Waals surface area contributed by atoms with E-state index in [1.54, 1.807) is 0 Å². The highest BCUT2D eigenvalue weighted by Crippen LogP contribution is 1.99. The molecule has 0 aliphatic heterocycles. The summed E-state index contributed by atoms with van der Waals surface area (Å²) >= 11 is 0. The lowest BCUT2D eigenvalue weighted by Crippen LogP contribution is -2.48. The largest absolute Gasteiger partial charge is 0.548 e. The molecule has 0 aromatic carbocycles. The molecule has 14 heteroatoms. The molecule has 14 nitrogen and oxygen atoms in total. The standard InChI is InChI=1S/2C9H13NO5.2H3N/c2*1-5(2)8(13)10-6(9(14)15)3-4-7(11)12;;/h2*6H,1,3-4H2,2H3,(H,10,13)(H,11,12)(H,14,15);2*1H3/t2*6-;;/m11../s1. The molecular formula is C18H32N4O10. The fraction of sp³-hybridized carbons (Fsp3) is 0.444. The molecule has 0 saturated carbocycles. The summed E-state index contributed by atoms with van der Waals surface area (Å²) in [6.07, 6.45) is -1.13. The van der Waals surface area contributed by atoms with Gasteiger partial charge >= 0.3 is 11.9 Å². The highest BCUT2D eigenvalue weighted by Gasteiger charge is 2.16. The van der Waals surface area contributed by atoms with E-state index in [0.717, 1.165) is 0 Å². The minimum absolute atomic E-state index is 0. The lowest BCUT2D eigenvalue weighted by molar-refractivity contribution is -0.309. The molecule has 0 bridgehead atoms. The van der Waals surface area contributed by atoms with Gasteiger partial charge in [0.1, 0.15) is 0 Å². The summed E-state index contributed by atoms with van der Waals surface area (Å²) in [5.74, 6) is -6.54. The minimum Gasteiger partial charge on any atom is -0.548 e. The zero-order chi connectivity index (χ0) is 24.0. The third kappa shape index (κ3) is 18.3. The van der Waals surface area contributed by atoms with E-state index in [1.807, 2.05) is 0 Å². The number of hydrogen-bond donors (Lipinski definition) is 6. The fourth-order valence-corrected chi connectivity index (χ4v) is 1.60. The molecule has 12 N–H and O–H groups in total. The predicted octanol–water partition coefficient (Wildman–Crippen LogP) is -1.92. The van der Waals surface area contributed by atoms with Gasteiger partial charge in [0.25, 0.3) is 0 Å². The van der Waals surface area contributed by atoms with Crippen molar-refractivity contribution in [3.8, 4) is 0 Å². The Hall–Kier alpha value is -3.78. The zero-order valence-electron chi connectivity index (χ0n) is 18.6. The first kappa shape index (κ1) is 35.6. The number of hydrogen-bond acceptors (Lipinski definition) is 8. The predicted molar refractivity (Wildman–Crippen MR) is 109 cm³/mol. The highest BCUT2D eigenvalue weighted by molar-refractivity contribution is 5.95. The van der Waals surface area contributed by atoms with Crippen LogP contribution in [0.25, 0.3) is 0 Å². The van der Waals surface area contributed by atoms with Crippen molar-refractivity contribution in [2.24, 2.45) is 0 Å². The van der Waals surface area contributed by atoms with Gasteiger partial charge in [0.2, 0.25) is 11.8 Å². The molecule has 0 aliphatic carbocycles. The molecule has 2 amide bonds. The zero-order valence-corrected chi connectivity index (χ0v) is 18.6. The van der Waals surface area contributed by atoms with Gasteiger partial charge < -0.3 is 52.9 Å². The summed E-state index contributed by atoms with van der Waals surface area (Å²) in [6.45, 7) is 9.47. The van der Waals surface area contributed by atoms with Crippen molar-refractivity contribution in [2.45, 2.75) is 51.6 Å². The lowest BCUT2D eigenvalue weighted by Gasteiger charge is -2.18. The van der Waals surface area contributed by atoms with Gasteiger partial charge in [-0.05, 0) is 26.7 Å². The van der Waals surface area contributed by atoms with E-state index < -0.39 is 47.8 Å². The molecule has 0 aromatic rings. The first-order chi connectivity index (χ1) is 13.7. The van der Waals surface area contributed by atoms with Gasteiger partial charge in [-0.15, -0.1) is 0 Å². The first-order valence-corrected chi connectivity index (χ1v) is 8.47. The van der Waals surface area contributed by atoms with Gasteiger partial charge in [0, 0.05) is 24.0 Å². The van der Waals surface area contributed by atoms with Crippen LogP contribution in [0.15, 0.2) is 24.3 Å². The van der Waals surface area contributed by atoms with Crippen molar-refractivity contribution in [2.75, 3.05) is 0 Å². The van der Waals surface area contributed by atoms with E-state index in [9.17, 15) is 39.0 Å². The van der Waals surface area contributed by atoms with E-state index >= 15 is 0 Å². The summed E-state index contributed by atoms with van der Waals surface area (Å²) in [6, 6.07) is -2.60. The van der Waals surface area contributed by atoms with Crippen molar-refractivity contribution < 1.29 is 49.2 Å². The quantitative estimate of drug-likeness (QED) is 0.174. The molecule has 0 unspecified atom stereocenters. The second kappa shape index (κ2) is 18.0. The number of amides is 2. The first-order valence-electron chi connectivity index (χ1n) is 8.47. The number of carbonyl (C=O) groups excluding carboxylic acids is 4. The molecule has 184 valence electrons. The minimum atomic E-state index is -1.51. The van der Waals surface area contributed by atoms with Crippen molar-refractivity contribution >= 4 is 35.7 Å². The Labute approximate surface area is 184 Å². The highest BCUT2D eigenvalue weighted by atomic mass is 16.4. The van der Waals surface area contributed by atoms with E-state index in [0.29, 0.717) is 0 Å². The van der Waals surface area contributed by atoms with Crippen LogP contribution in [0.3, 0.4) is 0 Å². The van der Waals surface area contributed by atoms with Crippen LogP contribution in [0.5, 0.6) is 0 Å². The molecule has 0 fully saturated rings. The molecule has 32 heavy (non-hydrogen) atoms. The van der Waals surface area contributed by atoms with E-state index in [-0.39, 0.29) is 49.1 Å². The number of carbonyl (C=O) groups is 6. The molecule has 0 aliphatic rings. The van der Waals surface area contributed by atoms with Crippen LogP contribution in [0.1, 0.15) is 39.5 Å². The monoisotopic (exact) mass is 464 g/mol. The topological polar surface area (TPSA) is 286 Å². The molecular weight excluding hydrogens is 432 g/mol. The van der Waals surface area contributed by atoms with Crippen LogP contribution in [-0.4, -0.2) is 58.0 Å². The molecule has 0 rings (SSSR count). The smallest absolute Gasteiger partial charge is 0.303 e. The maximum Gasteiger partial charge on any atom is 0.303 e. The van der Waals surface area contributed by atoms with Gasteiger partial charge in [-0.3, -0.25) is 19.2 Å². The summed E-state index contributed by atoms with van der Waals surface area (Å²) in [5.41, 5.74) is 0.299. The van der Waals surface area contributed by atoms with E-state index in [4.69, 9.17) is 10.2 Å². The van der Waals surface area contributed by atoms with Crippen molar-refractivity contribution in [3.05, 3.63) is 24.3 Å². The van der Waals surface area contributed by atoms with Crippen LogP contribution in [0.2, 0.25) is 0 Å². The van der Waals surface area contributed by atoms with Gasteiger partial charge in [0.15, 0.2) is 0 Å². The summed E-state index contributed by atoms with van der Waals surface area (Å²) in [4.78, 5) is 63.6. The number of aliphatic carboxylic acids is 4. The van der Waals surface area contributed by atoms with Gasteiger partial charge in [-0.2, -0.15) is 0 Å². The maximum atomic E-state index is 11.1. The number of rotatable bonds is 12. The lowest BCUT2D eigenvalue weighted by atomic mass is 10.1. The Morgan fingerprint density at radius 2 is 0.969 bits per heavy atom. The van der Waals surface area contributed by atoms with E-state index in [1.165, 1.54) is 13.8 Å². The normalized spacial score (nSPS) is 10.8. The Kier molecular flexibility index (Phi) is 20.1. The Morgan fingerprint density at radius 3 is 1.12 bits per heavy atom. The molecule has 0 saturated heterocycles.